The minimum absolute atomic E-state index is 0.0987. The molecule has 5 rings (SSSR count). The lowest BCUT2D eigenvalue weighted by Gasteiger charge is -2.09. The van der Waals surface area contributed by atoms with Gasteiger partial charge in [-0.05, 0) is 30.2 Å². The van der Waals surface area contributed by atoms with Crippen LogP contribution in [0.2, 0.25) is 0 Å². The molecule has 3 aromatic carbocycles. The topological polar surface area (TPSA) is 82.7 Å². The average Bonchev–Trinajstić information content (AvgIpc) is 3.27. The zero-order valence-electron chi connectivity index (χ0n) is 17.6. The molecular formula is C26H22N4O2. The van der Waals surface area contributed by atoms with Gasteiger partial charge in [0.2, 0.25) is 5.88 Å². The van der Waals surface area contributed by atoms with Crippen LogP contribution in [0.5, 0.6) is 5.88 Å². The van der Waals surface area contributed by atoms with Crippen molar-refractivity contribution in [3.63, 3.8) is 0 Å². The molecule has 2 aromatic heterocycles. The summed E-state index contributed by atoms with van der Waals surface area (Å²) in [6, 6.07) is 25.7. The number of rotatable bonds is 5. The van der Waals surface area contributed by atoms with Gasteiger partial charge in [0.15, 0.2) is 5.69 Å². The average molecular weight is 422 g/mol. The van der Waals surface area contributed by atoms with Crippen LogP contribution in [0.25, 0.3) is 21.8 Å². The van der Waals surface area contributed by atoms with Crippen LogP contribution in [0.3, 0.4) is 0 Å². The lowest BCUT2D eigenvalue weighted by molar-refractivity contribution is -0.117. The number of hydrogen-bond donors (Lipinski definition) is 2. The summed E-state index contributed by atoms with van der Waals surface area (Å²) in [6.45, 7) is 2.76. The number of nitrogens with one attached hydrogen (secondary N) is 1. The molecule has 0 aliphatic carbocycles. The number of H-pyrrole nitrogens is 1. The Labute approximate surface area is 184 Å². The van der Waals surface area contributed by atoms with E-state index in [1.54, 1.807) is 0 Å². The van der Waals surface area contributed by atoms with E-state index in [0.29, 0.717) is 0 Å². The quantitative estimate of drug-likeness (QED) is 0.339. The van der Waals surface area contributed by atoms with Gasteiger partial charge >= 0.3 is 0 Å². The Morgan fingerprint density at radius 2 is 1.62 bits per heavy atom. The van der Waals surface area contributed by atoms with Gasteiger partial charge in [0.05, 0.1) is 11.9 Å². The number of fused-ring (bicyclic) bond motifs is 2. The van der Waals surface area contributed by atoms with Crippen molar-refractivity contribution in [1.29, 1.82) is 0 Å². The number of benzene rings is 3. The summed E-state index contributed by atoms with van der Waals surface area (Å²) in [4.78, 5) is 15.6. The first-order valence-corrected chi connectivity index (χ1v) is 10.5. The van der Waals surface area contributed by atoms with Crippen molar-refractivity contribution in [2.45, 2.75) is 19.9 Å². The van der Waals surface area contributed by atoms with E-state index in [2.05, 4.69) is 38.0 Å². The summed E-state index contributed by atoms with van der Waals surface area (Å²) in [5, 5.41) is 19.9. The van der Waals surface area contributed by atoms with Gasteiger partial charge in [-0.25, -0.2) is 0 Å². The second-order valence-corrected chi connectivity index (χ2v) is 7.79. The van der Waals surface area contributed by atoms with Crippen LogP contribution in [-0.2, 0) is 17.8 Å². The van der Waals surface area contributed by atoms with Gasteiger partial charge in [-0.1, -0.05) is 66.7 Å². The van der Waals surface area contributed by atoms with Crippen molar-refractivity contribution < 1.29 is 9.90 Å². The molecule has 0 aliphatic rings. The molecule has 2 N–H and O–H groups in total. The van der Waals surface area contributed by atoms with E-state index in [4.69, 9.17) is 0 Å². The highest BCUT2D eigenvalue weighted by molar-refractivity contribution is 5.95. The fraction of sp³-hybridized carbons (Fsp3) is 0.115. The Bertz CT molecular complexity index is 1460. The van der Waals surface area contributed by atoms with Gasteiger partial charge in [-0.3, -0.25) is 4.79 Å². The molecule has 0 spiro atoms. The third kappa shape index (κ3) is 3.56. The molecule has 0 bridgehead atoms. The summed E-state index contributed by atoms with van der Waals surface area (Å²) < 4.78 is 2.23. The first kappa shape index (κ1) is 19.8. The van der Waals surface area contributed by atoms with E-state index >= 15 is 0 Å². The summed E-state index contributed by atoms with van der Waals surface area (Å²) in [6.07, 6.45) is 0.140. The molecule has 5 aromatic rings. The lowest BCUT2D eigenvalue weighted by Crippen LogP contribution is -2.04. The SMILES string of the molecule is Cc1c(CC(=O)N=Nc2c(O)[nH]c3ccccc23)c2ccccc2n1Cc1ccccc1. The van der Waals surface area contributed by atoms with Crippen LogP contribution in [0.4, 0.5) is 5.69 Å². The largest absolute Gasteiger partial charge is 0.493 e. The van der Waals surface area contributed by atoms with Crippen molar-refractivity contribution in [2.75, 3.05) is 0 Å². The highest BCUT2D eigenvalue weighted by Gasteiger charge is 2.17. The van der Waals surface area contributed by atoms with Gasteiger partial charge < -0.3 is 14.7 Å². The van der Waals surface area contributed by atoms with E-state index in [0.717, 1.165) is 39.6 Å². The number of carbonyl (C=O) groups is 1. The Morgan fingerprint density at radius 1 is 0.938 bits per heavy atom. The van der Waals surface area contributed by atoms with Crippen molar-refractivity contribution in [1.82, 2.24) is 9.55 Å². The summed E-state index contributed by atoms with van der Waals surface area (Å²) in [5.74, 6) is -0.459. The molecule has 2 heterocycles. The predicted molar refractivity (Wildman–Crippen MR) is 125 cm³/mol. The molecule has 0 unspecified atom stereocenters. The highest BCUT2D eigenvalue weighted by atomic mass is 16.3. The molecular weight excluding hydrogens is 400 g/mol. The van der Waals surface area contributed by atoms with Gasteiger partial charge in [0.1, 0.15) is 0 Å². The first-order chi connectivity index (χ1) is 15.6. The molecule has 6 nitrogen and oxygen atoms in total. The van der Waals surface area contributed by atoms with Crippen LogP contribution in [0.15, 0.2) is 89.1 Å². The first-order valence-electron chi connectivity index (χ1n) is 10.5. The molecule has 0 radical (unpaired) electrons. The summed E-state index contributed by atoms with van der Waals surface area (Å²) in [5.41, 5.74) is 5.28. The molecule has 32 heavy (non-hydrogen) atoms. The maximum atomic E-state index is 12.8. The van der Waals surface area contributed by atoms with E-state index in [1.807, 2.05) is 67.6 Å². The molecule has 1 amide bonds. The van der Waals surface area contributed by atoms with Crippen molar-refractivity contribution in [3.8, 4) is 5.88 Å². The minimum Gasteiger partial charge on any atom is -0.493 e. The monoisotopic (exact) mass is 422 g/mol. The number of azo groups is 1. The van der Waals surface area contributed by atoms with E-state index in [1.165, 1.54) is 5.56 Å². The number of hydrogen-bond acceptors (Lipinski definition) is 3. The third-order valence-electron chi connectivity index (χ3n) is 5.79. The van der Waals surface area contributed by atoms with Crippen LogP contribution < -0.4 is 0 Å². The lowest BCUT2D eigenvalue weighted by atomic mass is 10.1. The van der Waals surface area contributed by atoms with Crippen LogP contribution in [0, 0.1) is 6.92 Å². The zero-order valence-corrected chi connectivity index (χ0v) is 17.6. The Kier molecular flexibility index (Phi) is 5.03. The maximum Gasteiger partial charge on any atom is 0.269 e. The summed E-state index contributed by atoms with van der Waals surface area (Å²) in [7, 11) is 0. The second-order valence-electron chi connectivity index (χ2n) is 7.79. The number of carbonyl (C=O) groups excluding carboxylic acids is 1. The minimum atomic E-state index is -0.361. The van der Waals surface area contributed by atoms with E-state index in [-0.39, 0.29) is 23.9 Å². The third-order valence-corrected chi connectivity index (χ3v) is 5.79. The van der Waals surface area contributed by atoms with Crippen molar-refractivity contribution in [2.24, 2.45) is 10.2 Å². The molecule has 0 saturated heterocycles. The highest BCUT2D eigenvalue weighted by Crippen LogP contribution is 2.35. The number of aromatic hydroxyl groups is 1. The number of aromatic nitrogens is 2. The number of amides is 1. The Balaban J connectivity index is 1.46. The van der Waals surface area contributed by atoms with Crippen LogP contribution in [0.1, 0.15) is 16.8 Å². The molecule has 0 aliphatic heterocycles. The molecule has 158 valence electrons. The standard InChI is InChI=1S/C26H22N4O2/c1-17-21(15-24(31)28-29-25-20-12-5-7-13-22(20)27-26(25)32)19-11-6-8-14-23(19)30(17)16-18-9-3-2-4-10-18/h2-14,27,32H,15-16H2,1H3. The van der Waals surface area contributed by atoms with Gasteiger partial charge in [0, 0.05) is 28.5 Å². The Hall–Kier alpha value is -4.19. The van der Waals surface area contributed by atoms with Crippen LogP contribution in [-0.4, -0.2) is 20.6 Å². The number of aromatic amines is 1. The molecule has 0 fully saturated rings. The fourth-order valence-electron chi connectivity index (χ4n) is 4.20. The van der Waals surface area contributed by atoms with E-state index < -0.39 is 0 Å². The normalized spacial score (nSPS) is 11.7. The van der Waals surface area contributed by atoms with Gasteiger partial charge in [-0.2, -0.15) is 0 Å². The van der Waals surface area contributed by atoms with Gasteiger partial charge in [-0.15, -0.1) is 10.2 Å². The Morgan fingerprint density at radius 3 is 2.44 bits per heavy atom. The smallest absolute Gasteiger partial charge is 0.269 e. The predicted octanol–water partition coefficient (Wildman–Crippen LogP) is 6.04. The zero-order chi connectivity index (χ0) is 22.1. The van der Waals surface area contributed by atoms with Crippen LogP contribution >= 0.6 is 0 Å². The number of nitrogens with zero attached hydrogens (tertiary/aromatic N) is 3. The fourth-order valence-corrected chi connectivity index (χ4v) is 4.20. The number of para-hydroxylation sites is 2. The van der Waals surface area contributed by atoms with Crippen molar-refractivity contribution in [3.05, 3.63) is 95.7 Å². The molecule has 0 atom stereocenters. The van der Waals surface area contributed by atoms with Crippen molar-refractivity contribution >= 4 is 33.4 Å². The van der Waals surface area contributed by atoms with Gasteiger partial charge in [0.25, 0.3) is 5.91 Å². The molecule has 0 saturated carbocycles. The summed E-state index contributed by atoms with van der Waals surface area (Å²) >= 11 is 0. The van der Waals surface area contributed by atoms with E-state index in [9.17, 15) is 9.90 Å². The second kappa shape index (κ2) is 8.15. The molecule has 6 heteroatoms. The maximum absolute atomic E-state index is 12.8.